The van der Waals surface area contributed by atoms with Crippen molar-refractivity contribution in [2.75, 3.05) is 12.4 Å². The number of amides is 1. The van der Waals surface area contributed by atoms with E-state index in [2.05, 4.69) is 36.8 Å². The first kappa shape index (κ1) is 29.2. The lowest BCUT2D eigenvalue weighted by molar-refractivity contribution is -0.125. The second-order valence-electron chi connectivity index (χ2n) is 9.55. The molecule has 0 radical (unpaired) electrons. The van der Waals surface area contributed by atoms with Gasteiger partial charge in [-0.15, -0.1) is 0 Å². The maximum Gasteiger partial charge on any atom is 0.336 e. The molecule has 0 saturated carbocycles. The molecule has 1 heterocycles. The largest absolute Gasteiger partial charge is 0.478 e. The first-order valence-electron chi connectivity index (χ1n) is 12.9. The van der Waals surface area contributed by atoms with Crippen molar-refractivity contribution in [3.63, 3.8) is 0 Å². The normalized spacial score (nSPS) is 12.0. The number of nitrogens with zero attached hydrogens (tertiary/aromatic N) is 2. The smallest absolute Gasteiger partial charge is 0.336 e. The summed E-state index contributed by atoms with van der Waals surface area (Å²) in [6.45, 7) is 8.94. The number of aryl methyl sites for hydroxylation is 1. The number of carboxylic acid groups (broad SMARTS) is 1. The van der Waals surface area contributed by atoms with Crippen LogP contribution in [-0.2, 0) is 24.3 Å². The van der Waals surface area contributed by atoms with Gasteiger partial charge < -0.3 is 15.2 Å². The molecule has 204 valence electrons. The third-order valence-electron chi connectivity index (χ3n) is 6.33. The minimum Gasteiger partial charge on any atom is -0.478 e. The summed E-state index contributed by atoms with van der Waals surface area (Å²) in [6, 6.07) is 11.5. The SMILES string of the molecule is CCOc1nc(CC)c(CNC(=O)C(CS)CC(C)C)n1Cc1ccc(-c2ccccc2C(=O)O)c(F)c1. The Labute approximate surface area is 228 Å². The molecule has 0 bridgehead atoms. The van der Waals surface area contributed by atoms with E-state index in [4.69, 9.17) is 4.74 Å². The number of carbonyl (C=O) groups excluding carboxylic acids is 1. The monoisotopic (exact) mass is 541 g/mol. The molecule has 3 aromatic rings. The van der Waals surface area contributed by atoms with E-state index < -0.39 is 11.8 Å². The molecule has 7 nitrogen and oxygen atoms in total. The second kappa shape index (κ2) is 13.5. The quantitative estimate of drug-likeness (QED) is 0.245. The topological polar surface area (TPSA) is 93.5 Å². The Hall–Kier alpha value is -3.33. The summed E-state index contributed by atoms with van der Waals surface area (Å²) in [5, 5.41) is 12.5. The maximum atomic E-state index is 15.3. The Morgan fingerprint density at radius 1 is 1.16 bits per heavy atom. The molecule has 2 aromatic carbocycles. The van der Waals surface area contributed by atoms with Crippen molar-refractivity contribution in [1.82, 2.24) is 14.9 Å². The van der Waals surface area contributed by atoms with Gasteiger partial charge in [0.15, 0.2) is 0 Å². The van der Waals surface area contributed by atoms with Gasteiger partial charge in [-0.25, -0.2) is 9.18 Å². The third kappa shape index (κ3) is 6.95. The van der Waals surface area contributed by atoms with Gasteiger partial charge in [0.2, 0.25) is 5.91 Å². The molecule has 1 aromatic heterocycles. The lowest BCUT2D eigenvalue weighted by Crippen LogP contribution is -2.33. The van der Waals surface area contributed by atoms with Crippen molar-refractivity contribution < 1.29 is 23.8 Å². The molecule has 0 aliphatic rings. The van der Waals surface area contributed by atoms with Crippen LogP contribution in [0.4, 0.5) is 4.39 Å². The fourth-order valence-electron chi connectivity index (χ4n) is 4.51. The predicted molar refractivity (Wildman–Crippen MR) is 149 cm³/mol. The summed E-state index contributed by atoms with van der Waals surface area (Å²) in [7, 11) is 0. The van der Waals surface area contributed by atoms with Gasteiger partial charge in [-0.3, -0.25) is 9.36 Å². The summed E-state index contributed by atoms with van der Waals surface area (Å²) in [5.74, 6) is -1.05. The number of hydrogen-bond acceptors (Lipinski definition) is 5. The summed E-state index contributed by atoms with van der Waals surface area (Å²) in [6.07, 6.45) is 1.38. The molecule has 0 aliphatic carbocycles. The summed E-state index contributed by atoms with van der Waals surface area (Å²) < 4.78 is 22.9. The molecule has 0 fully saturated rings. The third-order valence-corrected chi connectivity index (χ3v) is 6.77. The average Bonchev–Trinajstić information content (AvgIpc) is 3.21. The van der Waals surface area contributed by atoms with E-state index in [9.17, 15) is 14.7 Å². The van der Waals surface area contributed by atoms with Gasteiger partial charge in [0.05, 0.1) is 36.6 Å². The lowest BCUT2D eigenvalue weighted by atomic mass is 9.98. The molecule has 0 aliphatic heterocycles. The van der Waals surface area contributed by atoms with Gasteiger partial charge in [-0.05, 0) is 48.9 Å². The number of ether oxygens (including phenoxy) is 1. The number of rotatable bonds is 13. The first-order chi connectivity index (χ1) is 18.2. The number of halogens is 1. The zero-order chi connectivity index (χ0) is 27.8. The number of aromatic carboxylic acids is 1. The Kier molecular flexibility index (Phi) is 10.4. The molecule has 2 N–H and O–H groups in total. The molecule has 9 heteroatoms. The van der Waals surface area contributed by atoms with Crippen molar-refractivity contribution in [1.29, 1.82) is 0 Å². The van der Waals surface area contributed by atoms with Gasteiger partial charge in [0.25, 0.3) is 6.01 Å². The zero-order valence-corrected chi connectivity index (χ0v) is 23.2. The number of hydrogen-bond donors (Lipinski definition) is 3. The molecule has 38 heavy (non-hydrogen) atoms. The van der Waals surface area contributed by atoms with E-state index in [0.29, 0.717) is 41.8 Å². The highest BCUT2D eigenvalue weighted by molar-refractivity contribution is 7.80. The molecule has 1 atom stereocenters. The minimum atomic E-state index is -1.11. The molecular formula is C29H36FN3O4S. The summed E-state index contributed by atoms with van der Waals surface area (Å²) in [5.41, 5.74) is 2.82. The summed E-state index contributed by atoms with van der Waals surface area (Å²) >= 11 is 4.36. The van der Waals surface area contributed by atoms with E-state index in [0.717, 1.165) is 17.8 Å². The predicted octanol–water partition coefficient (Wildman–Crippen LogP) is 5.61. The van der Waals surface area contributed by atoms with Crippen LogP contribution in [-0.4, -0.2) is 38.9 Å². The van der Waals surface area contributed by atoms with Gasteiger partial charge in [0.1, 0.15) is 5.82 Å². The van der Waals surface area contributed by atoms with E-state index in [1.807, 2.05) is 18.4 Å². The van der Waals surface area contributed by atoms with E-state index in [1.54, 1.807) is 30.3 Å². The Bertz CT molecular complexity index is 1270. The van der Waals surface area contributed by atoms with Crippen LogP contribution >= 0.6 is 12.6 Å². The van der Waals surface area contributed by atoms with Crippen LogP contribution in [0.2, 0.25) is 0 Å². The fraction of sp³-hybridized carbons (Fsp3) is 0.414. The van der Waals surface area contributed by atoms with Crippen molar-refractivity contribution in [3.05, 3.63) is 70.8 Å². The first-order valence-corrected chi connectivity index (χ1v) is 13.5. The zero-order valence-electron chi connectivity index (χ0n) is 22.3. The number of benzene rings is 2. The molecule has 3 rings (SSSR count). The van der Waals surface area contributed by atoms with Gasteiger partial charge in [-0.2, -0.15) is 17.6 Å². The number of aromatic nitrogens is 2. The highest BCUT2D eigenvalue weighted by Gasteiger charge is 2.22. The maximum absolute atomic E-state index is 15.3. The van der Waals surface area contributed by atoms with E-state index in [1.165, 1.54) is 12.1 Å². The lowest BCUT2D eigenvalue weighted by Gasteiger charge is -2.18. The van der Waals surface area contributed by atoms with Crippen LogP contribution < -0.4 is 10.1 Å². The van der Waals surface area contributed by atoms with E-state index in [-0.39, 0.29) is 36.0 Å². The number of imidazole rings is 1. The average molecular weight is 542 g/mol. The molecule has 1 amide bonds. The highest BCUT2D eigenvalue weighted by Crippen LogP contribution is 2.29. The van der Waals surface area contributed by atoms with Crippen LogP contribution in [0.5, 0.6) is 6.01 Å². The van der Waals surface area contributed by atoms with E-state index >= 15 is 4.39 Å². The molecular weight excluding hydrogens is 505 g/mol. The van der Waals surface area contributed by atoms with Gasteiger partial charge in [0, 0.05) is 17.2 Å². The summed E-state index contributed by atoms with van der Waals surface area (Å²) in [4.78, 5) is 29.1. The van der Waals surface area contributed by atoms with Crippen molar-refractivity contribution in [3.8, 4) is 17.1 Å². The van der Waals surface area contributed by atoms with Crippen LogP contribution in [0.3, 0.4) is 0 Å². The Morgan fingerprint density at radius 3 is 2.50 bits per heavy atom. The van der Waals surface area contributed by atoms with Crippen molar-refractivity contribution >= 4 is 24.5 Å². The molecule has 0 saturated heterocycles. The van der Waals surface area contributed by atoms with Crippen molar-refractivity contribution in [2.45, 2.75) is 53.6 Å². The van der Waals surface area contributed by atoms with Crippen molar-refractivity contribution in [2.24, 2.45) is 11.8 Å². The number of nitrogens with one attached hydrogen (secondary N) is 1. The second-order valence-corrected chi connectivity index (χ2v) is 9.92. The Balaban J connectivity index is 1.92. The number of thiol groups is 1. The van der Waals surface area contributed by atoms with Gasteiger partial charge >= 0.3 is 5.97 Å². The molecule has 1 unspecified atom stereocenters. The standard InChI is InChI=1S/C29H36FN3O4S/c1-5-25-26(15-31-27(34)20(17-38)13-18(3)4)33(29(32-25)37-6-2)16-19-11-12-22(24(30)14-19)21-9-7-8-10-23(21)28(35)36/h7-12,14,18,20,38H,5-6,13,15-17H2,1-4H3,(H,31,34)(H,35,36). The molecule has 0 spiro atoms. The number of carbonyl (C=O) groups is 2. The van der Waals surface area contributed by atoms with Crippen LogP contribution in [0, 0.1) is 17.7 Å². The fourth-order valence-corrected chi connectivity index (χ4v) is 4.82. The van der Waals surface area contributed by atoms with Crippen LogP contribution in [0.25, 0.3) is 11.1 Å². The highest BCUT2D eigenvalue weighted by atomic mass is 32.1. The van der Waals surface area contributed by atoms with Crippen LogP contribution in [0.15, 0.2) is 42.5 Å². The number of carboxylic acids is 1. The minimum absolute atomic E-state index is 0.0370. The Morgan fingerprint density at radius 2 is 1.89 bits per heavy atom. The van der Waals surface area contributed by atoms with Crippen LogP contribution in [0.1, 0.15) is 61.4 Å². The van der Waals surface area contributed by atoms with Gasteiger partial charge in [-0.1, -0.05) is 51.1 Å².